The molecule has 0 aromatic heterocycles. The smallest absolute Gasteiger partial charge is 0.167 e. The number of ketones is 1. The number of hydrogen-bond acceptors (Lipinski definition) is 1. The van der Waals surface area contributed by atoms with Crippen molar-refractivity contribution in [3.63, 3.8) is 0 Å². The van der Waals surface area contributed by atoms with Crippen LogP contribution in [0.25, 0.3) is 0 Å². The third-order valence-electron chi connectivity index (χ3n) is 3.12. The monoisotopic (exact) mass is 266 g/mol. The molecule has 0 N–H and O–H groups in total. The van der Waals surface area contributed by atoms with Gasteiger partial charge in [0.05, 0.1) is 0 Å². The third-order valence-corrected chi connectivity index (χ3v) is 3.77. The molecule has 0 amide bonds. The summed E-state index contributed by atoms with van der Waals surface area (Å²) in [6.07, 6.45) is 4.55. The molecule has 1 aliphatic rings. The molecule has 15 heavy (non-hydrogen) atoms. The van der Waals surface area contributed by atoms with Gasteiger partial charge in [0, 0.05) is 16.0 Å². The van der Waals surface area contributed by atoms with Gasteiger partial charge in [0.1, 0.15) is 0 Å². The van der Waals surface area contributed by atoms with Crippen LogP contribution in [0.3, 0.4) is 0 Å². The fourth-order valence-corrected chi connectivity index (χ4v) is 2.92. The Morgan fingerprint density at radius 3 is 2.60 bits per heavy atom. The summed E-state index contributed by atoms with van der Waals surface area (Å²) in [7, 11) is 0. The maximum absolute atomic E-state index is 12.1. The van der Waals surface area contributed by atoms with Gasteiger partial charge >= 0.3 is 0 Å². The zero-order valence-corrected chi connectivity index (χ0v) is 10.5. The van der Waals surface area contributed by atoms with E-state index in [1.165, 1.54) is 18.4 Å². The molecule has 1 aromatic carbocycles. The standard InChI is InChI=1S/C13H15BrO/c1-9-6-7-11(12(14)8-9)13(15)10-4-2-3-5-10/h6-8,10H,2-5H2,1H3. The second-order valence-electron chi connectivity index (χ2n) is 4.33. The Kier molecular flexibility index (Phi) is 3.25. The van der Waals surface area contributed by atoms with Crippen LogP contribution in [-0.2, 0) is 0 Å². The van der Waals surface area contributed by atoms with E-state index in [-0.39, 0.29) is 5.92 Å². The Hall–Kier alpha value is -0.630. The van der Waals surface area contributed by atoms with E-state index in [1.54, 1.807) is 0 Å². The minimum Gasteiger partial charge on any atom is -0.294 e. The van der Waals surface area contributed by atoms with Gasteiger partial charge in [0.2, 0.25) is 0 Å². The molecule has 0 bridgehead atoms. The van der Waals surface area contributed by atoms with Crippen LogP contribution in [-0.4, -0.2) is 5.78 Å². The lowest BCUT2D eigenvalue weighted by atomic mass is 9.96. The maximum atomic E-state index is 12.1. The van der Waals surface area contributed by atoms with E-state index >= 15 is 0 Å². The highest BCUT2D eigenvalue weighted by atomic mass is 79.9. The molecule has 1 fully saturated rings. The molecule has 0 spiro atoms. The number of Topliss-reactive ketones (excluding diaryl/α,β-unsaturated/α-hetero) is 1. The fraction of sp³-hybridized carbons (Fsp3) is 0.462. The number of halogens is 1. The topological polar surface area (TPSA) is 17.1 Å². The average Bonchev–Trinajstić information content (AvgIpc) is 2.69. The number of aryl methyl sites for hydroxylation is 1. The van der Waals surface area contributed by atoms with Gasteiger partial charge in [0.15, 0.2) is 5.78 Å². The van der Waals surface area contributed by atoms with Crippen LogP contribution in [0, 0.1) is 12.8 Å². The molecular formula is C13H15BrO. The second-order valence-corrected chi connectivity index (χ2v) is 5.18. The molecule has 0 unspecified atom stereocenters. The van der Waals surface area contributed by atoms with E-state index in [0.29, 0.717) is 5.78 Å². The van der Waals surface area contributed by atoms with Gasteiger partial charge in [-0.2, -0.15) is 0 Å². The minimum atomic E-state index is 0.268. The lowest BCUT2D eigenvalue weighted by Gasteiger charge is -2.09. The number of hydrogen-bond donors (Lipinski definition) is 0. The third kappa shape index (κ3) is 2.31. The van der Waals surface area contributed by atoms with Gasteiger partial charge in [-0.1, -0.05) is 34.8 Å². The molecule has 2 rings (SSSR count). The van der Waals surface area contributed by atoms with Gasteiger partial charge in [-0.05, 0) is 37.5 Å². The average molecular weight is 267 g/mol. The van der Waals surface area contributed by atoms with Crippen LogP contribution in [0.4, 0.5) is 0 Å². The fourth-order valence-electron chi connectivity index (χ4n) is 2.23. The molecule has 1 nitrogen and oxygen atoms in total. The van der Waals surface area contributed by atoms with Crippen molar-refractivity contribution in [2.24, 2.45) is 5.92 Å². The van der Waals surface area contributed by atoms with Crippen molar-refractivity contribution in [3.05, 3.63) is 33.8 Å². The van der Waals surface area contributed by atoms with Gasteiger partial charge in [-0.3, -0.25) is 4.79 Å². The Bertz CT molecular complexity index is 378. The first-order valence-electron chi connectivity index (χ1n) is 5.49. The van der Waals surface area contributed by atoms with Gasteiger partial charge in [0.25, 0.3) is 0 Å². The Balaban J connectivity index is 2.24. The summed E-state index contributed by atoms with van der Waals surface area (Å²) in [5.41, 5.74) is 2.04. The van der Waals surface area contributed by atoms with Crippen LogP contribution < -0.4 is 0 Å². The van der Waals surface area contributed by atoms with Crippen molar-refractivity contribution >= 4 is 21.7 Å². The van der Waals surface area contributed by atoms with Crippen molar-refractivity contribution < 1.29 is 4.79 Å². The molecule has 0 radical (unpaired) electrons. The highest BCUT2D eigenvalue weighted by Gasteiger charge is 2.24. The van der Waals surface area contributed by atoms with Crippen LogP contribution >= 0.6 is 15.9 Å². The van der Waals surface area contributed by atoms with Gasteiger partial charge < -0.3 is 0 Å². The minimum absolute atomic E-state index is 0.268. The van der Waals surface area contributed by atoms with E-state index in [1.807, 2.05) is 25.1 Å². The SMILES string of the molecule is Cc1ccc(C(=O)C2CCCC2)c(Br)c1. The summed E-state index contributed by atoms with van der Waals surface area (Å²) < 4.78 is 0.944. The number of carbonyl (C=O) groups is 1. The molecule has 1 aliphatic carbocycles. The maximum Gasteiger partial charge on any atom is 0.167 e. The highest BCUT2D eigenvalue weighted by molar-refractivity contribution is 9.10. The number of rotatable bonds is 2. The van der Waals surface area contributed by atoms with E-state index in [2.05, 4.69) is 15.9 Å². The Morgan fingerprint density at radius 2 is 2.00 bits per heavy atom. The molecule has 80 valence electrons. The summed E-state index contributed by atoms with van der Waals surface area (Å²) in [5, 5.41) is 0. The quantitative estimate of drug-likeness (QED) is 0.736. The van der Waals surface area contributed by atoms with Crippen LogP contribution in [0.15, 0.2) is 22.7 Å². The molecule has 2 heteroatoms. The normalized spacial score (nSPS) is 16.9. The summed E-state index contributed by atoms with van der Waals surface area (Å²) in [6, 6.07) is 5.97. The lowest BCUT2D eigenvalue weighted by molar-refractivity contribution is 0.0922. The molecule has 0 aliphatic heterocycles. The van der Waals surface area contributed by atoms with Crippen LogP contribution in [0.2, 0.25) is 0 Å². The number of carbonyl (C=O) groups excluding carboxylic acids is 1. The largest absolute Gasteiger partial charge is 0.294 e. The van der Waals surface area contributed by atoms with Crippen molar-refractivity contribution in [2.45, 2.75) is 32.6 Å². The van der Waals surface area contributed by atoms with E-state index in [4.69, 9.17) is 0 Å². The van der Waals surface area contributed by atoms with E-state index in [0.717, 1.165) is 22.9 Å². The lowest BCUT2D eigenvalue weighted by Crippen LogP contribution is -2.11. The van der Waals surface area contributed by atoms with Crippen molar-refractivity contribution in [3.8, 4) is 0 Å². The van der Waals surface area contributed by atoms with Gasteiger partial charge in [-0.25, -0.2) is 0 Å². The summed E-state index contributed by atoms with van der Waals surface area (Å²) in [6.45, 7) is 2.04. The highest BCUT2D eigenvalue weighted by Crippen LogP contribution is 2.30. The predicted octanol–water partition coefficient (Wildman–Crippen LogP) is 4.13. The molecule has 0 atom stereocenters. The molecular weight excluding hydrogens is 252 g/mol. The zero-order valence-electron chi connectivity index (χ0n) is 8.92. The predicted molar refractivity (Wildman–Crippen MR) is 65.2 cm³/mol. The number of benzene rings is 1. The van der Waals surface area contributed by atoms with Gasteiger partial charge in [-0.15, -0.1) is 0 Å². The summed E-state index contributed by atoms with van der Waals surface area (Å²) in [5.74, 6) is 0.586. The van der Waals surface area contributed by atoms with Crippen LogP contribution in [0.5, 0.6) is 0 Å². The summed E-state index contributed by atoms with van der Waals surface area (Å²) >= 11 is 3.47. The van der Waals surface area contributed by atoms with E-state index in [9.17, 15) is 4.79 Å². The first kappa shape index (κ1) is 10.9. The van der Waals surface area contributed by atoms with Crippen molar-refractivity contribution in [1.29, 1.82) is 0 Å². The first-order valence-corrected chi connectivity index (χ1v) is 6.28. The first-order chi connectivity index (χ1) is 7.18. The van der Waals surface area contributed by atoms with Crippen LogP contribution in [0.1, 0.15) is 41.6 Å². The van der Waals surface area contributed by atoms with Crippen molar-refractivity contribution in [1.82, 2.24) is 0 Å². The van der Waals surface area contributed by atoms with E-state index < -0.39 is 0 Å². The summed E-state index contributed by atoms with van der Waals surface area (Å²) in [4.78, 5) is 12.1. The van der Waals surface area contributed by atoms with Crippen molar-refractivity contribution in [2.75, 3.05) is 0 Å². The molecule has 1 saturated carbocycles. The second kappa shape index (κ2) is 4.48. The zero-order chi connectivity index (χ0) is 10.8. The Labute approximate surface area is 99.0 Å². The molecule has 1 aromatic rings. The molecule has 0 saturated heterocycles. The Morgan fingerprint density at radius 1 is 1.33 bits per heavy atom. The molecule has 0 heterocycles.